The minimum Gasteiger partial charge on any atom is -0.495 e. The monoisotopic (exact) mass is 233 g/mol. The van der Waals surface area contributed by atoms with E-state index < -0.39 is 5.82 Å². The Morgan fingerprint density at radius 3 is 2.76 bits per heavy atom. The standard InChI is InChI=1S/C12H12FN3O/c1-7-11(17-2)5-9(12(14)16-7)8-3-4-15-6-10(8)13/h3-6H,1-2H3,(H2,14,16). The van der Waals surface area contributed by atoms with E-state index in [1.165, 1.54) is 13.3 Å². The number of aromatic nitrogens is 2. The largest absolute Gasteiger partial charge is 0.495 e. The average Bonchev–Trinajstić information content (AvgIpc) is 2.31. The Morgan fingerprint density at radius 2 is 2.12 bits per heavy atom. The number of nitrogens with two attached hydrogens (primary N) is 1. The maximum atomic E-state index is 13.6. The van der Waals surface area contributed by atoms with Crippen LogP contribution < -0.4 is 10.5 Å². The van der Waals surface area contributed by atoms with Crippen LogP contribution in [-0.2, 0) is 0 Å². The van der Waals surface area contributed by atoms with Gasteiger partial charge in [-0.3, -0.25) is 4.98 Å². The van der Waals surface area contributed by atoms with Crippen LogP contribution in [0.15, 0.2) is 24.5 Å². The molecule has 2 heterocycles. The average molecular weight is 233 g/mol. The predicted octanol–water partition coefficient (Wildman–Crippen LogP) is 2.18. The summed E-state index contributed by atoms with van der Waals surface area (Å²) in [5.41, 5.74) is 7.33. The van der Waals surface area contributed by atoms with Gasteiger partial charge in [0.1, 0.15) is 17.4 Å². The molecule has 0 aromatic carbocycles. The van der Waals surface area contributed by atoms with Crippen molar-refractivity contribution >= 4 is 5.82 Å². The molecular formula is C12H12FN3O. The van der Waals surface area contributed by atoms with Crippen LogP contribution in [0.3, 0.4) is 0 Å². The number of nitrogens with zero attached hydrogens (tertiary/aromatic N) is 2. The van der Waals surface area contributed by atoms with E-state index in [0.717, 1.165) is 6.20 Å². The van der Waals surface area contributed by atoms with Crippen LogP contribution in [0.2, 0.25) is 0 Å². The summed E-state index contributed by atoms with van der Waals surface area (Å²) in [6, 6.07) is 3.23. The van der Waals surface area contributed by atoms with Crippen LogP contribution >= 0.6 is 0 Å². The molecule has 0 bridgehead atoms. The van der Waals surface area contributed by atoms with E-state index in [2.05, 4.69) is 9.97 Å². The number of aryl methyl sites for hydroxylation is 1. The molecule has 0 fully saturated rings. The van der Waals surface area contributed by atoms with Crippen LogP contribution in [0.25, 0.3) is 11.1 Å². The molecule has 0 radical (unpaired) electrons. The van der Waals surface area contributed by atoms with Gasteiger partial charge < -0.3 is 10.5 Å². The number of halogens is 1. The van der Waals surface area contributed by atoms with Gasteiger partial charge in [-0.25, -0.2) is 9.37 Å². The van der Waals surface area contributed by atoms with Crippen molar-refractivity contribution < 1.29 is 9.13 Å². The Balaban J connectivity index is 2.64. The van der Waals surface area contributed by atoms with Crippen LogP contribution in [0.1, 0.15) is 5.69 Å². The molecule has 2 aromatic rings. The third-order valence-electron chi connectivity index (χ3n) is 2.48. The molecule has 4 nitrogen and oxygen atoms in total. The summed E-state index contributed by atoms with van der Waals surface area (Å²) in [6.07, 6.45) is 2.64. The van der Waals surface area contributed by atoms with Gasteiger partial charge in [0.2, 0.25) is 0 Å². The molecule has 0 spiro atoms. The molecule has 17 heavy (non-hydrogen) atoms. The van der Waals surface area contributed by atoms with E-state index >= 15 is 0 Å². The quantitative estimate of drug-likeness (QED) is 0.863. The van der Waals surface area contributed by atoms with E-state index in [9.17, 15) is 4.39 Å². The van der Waals surface area contributed by atoms with Crippen molar-refractivity contribution in [3.63, 3.8) is 0 Å². The molecule has 88 valence electrons. The first-order valence-corrected chi connectivity index (χ1v) is 5.04. The molecule has 5 heteroatoms. The highest BCUT2D eigenvalue weighted by atomic mass is 19.1. The van der Waals surface area contributed by atoms with E-state index in [-0.39, 0.29) is 5.82 Å². The number of ether oxygens (including phenoxy) is 1. The fourth-order valence-corrected chi connectivity index (χ4v) is 1.62. The fraction of sp³-hybridized carbons (Fsp3) is 0.167. The Kier molecular flexibility index (Phi) is 2.91. The maximum Gasteiger partial charge on any atom is 0.149 e. The van der Waals surface area contributed by atoms with E-state index in [1.54, 1.807) is 19.1 Å². The zero-order chi connectivity index (χ0) is 12.4. The zero-order valence-corrected chi connectivity index (χ0v) is 9.57. The van der Waals surface area contributed by atoms with Gasteiger partial charge in [0.15, 0.2) is 0 Å². The van der Waals surface area contributed by atoms with Gasteiger partial charge in [-0.15, -0.1) is 0 Å². The van der Waals surface area contributed by atoms with Gasteiger partial charge >= 0.3 is 0 Å². The SMILES string of the molecule is COc1cc(-c2ccncc2F)c(N)nc1C. The van der Waals surface area contributed by atoms with E-state index in [1.807, 2.05) is 0 Å². The number of rotatable bonds is 2. The number of hydrogen-bond donors (Lipinski definition) is 1. The topological polar surface area (TPSA) is 61.0 Å². The molecule has 2 aromatic heterocycles. The number of methoxy groups -OCH3 is 1. The molecule has 0 atom stereocenters. The summed E-state index contributed by atoms with van der Waals surface area (Å²) < 4.78 is 18.8. The second-order valence-corrected chi connectivity index (χ2v) is 3.56. The van der Waals surface area contributed by atoms with Crippen molar-refractivity contribution in [3.05, 3.63) is 36.0 Å². The maximum absolute atomic E-state index is 13.6. The first-order chi connectivity index (χ1) is 8.13. The second-order valence-electron chi connectivity index (χ2n) is 3.56. The van der Waals surface area contributed by atoms with Gasteiger partial charge in [0.25, 0.3) is 0 Å². The highest BCUT2D eigenvalue weighted by Crippen LogP contribution is 2.31. The van der Waals surface area contributed by atoms with Crippen LogP contribution in [-0.4, -0.2) is 17.1 Å². The van der Waals surface area contributed by atoms with E-state index in [0.29, 0.717) is 22.6 Å². The lowest BCUT2D eigenvalue weighted by Gasteiger charge is -2.10. The second kappa shape index (κ2) is 4.37. The van der Waals surface area contributed by atoms with E-state index in [4.69, 9.17) is 10.5 Å². The lowest BCUT2D eigenvalue weighted by Crippen LogP contribution is -2.00. The fourth-order valence-electron chi connectivity index (χ4n) is 1.62. The van der Waals surface area contributed by atoms with Crippen LogP contribution in [0.4, 0.5) is 10.2 Å². The lowest BCUT2D eigenvalue weighted by molar-refractivity contribution is 0.409. The Bertz CT molecular complexity index is 557. The number of pyridine rings is 2. The third-order valence-corrected chi connectivity index (χ3v) is 2.48. The lowest BCUT2D eigenvalue weighted by atomic mass is 10.1. The summed E-state index contributed by atoms with van der Waals surface area (Å²) >= 11 is 0. The summed E-state index contributed by atoms with van der Waals surface area (Å²) in [5.74, 6) is 0.408. The van der Waals surface area contributed by atoms with Crippen LogP contribution in [0, 0.1) is 12.7 Å². The highest BCUT2D eigenvalue weighted by Gasteiger charge is 2.12. The van der Waals surface area contributed by atoms with Gasteiger partial charge in [-0.05, 0) is 19.1 Å². The minimum absolute atomic E-state index is 0.272. The molecule has 2 rings (SSSR count). The van der Waals surface area contributed by atoms with Crippen molar-refractivity contribution in [2.45, 2.75) is 6.92 Å². The van der Waals surface area contributed by atoms with Gasteiger partial charge in [-0.2, -0.15) is 0 Å². The molecule has 0 saturated carbocycles. The van der Waals surface area contributed by atoms with Crippen molar-refractivity contribution in [1.29, 1.82) is 0 Å². The number of nitrogen functional groups attached to an aromatic ring is 1. The zero-order valence-electron chi connectivity index (χ0n) is 9.57. The molecule has 2 N–H and O–H groups in total. The van der Waals surface area contributed by atoms with Gasteiger partial charge in [0, 0.05) is 17.3 Å². The van der Waals surface area contributed by atoms with Crippen molar-refractivity contribution in [2.75, 3.05) is 12.8 Å². The highest BCUT2D eigenvalue weighted by molar-refractivity contribution is 5.75. The summed E-state index contributed by atoms with van der Waals surface area (Å²) in [4.78, 5) is 7.82. The molecule has 0 aliphatic rings. The molecule has 0 saturated heterocycles. The van der Waals surface area contributed by atoms with Crippen LogP contribution in [0.5, 0.6) is 5.75 Å². The first-order valence-electron chi connectivity index (χ1n) is 5.04. The smallest absolute Gasteiger partial charge is 0.149 e. The molecule has 0 aliphatic heterocycles. The molecular weight excluding hydrogens is 221 g/mol. The predicted molar refractivity (Wildman–Crippen MR) is 63.1 cm³/mol. The summed E-state index contributed by atoms with van der Waals surface area (Å²) in [7, 11) is 1.53. The number of hydrogen-bond acceptors (Lipinski definition) is 4. The third kappa shape index (κ3) is 2.04. The minimum atomic E-state index is -0.438. The summed E-state index contributed by atoms with van der Waals surface area (Å²) in [6.45, 7) is 1.78. The Morgan fingerprint density at radius 1 is 1.35 bits per heavy atom. The normalized spacial score (nSPS) is 10.3. The van der Waals surface area contributed by atoms with Crippen molar-refractivity contribution in [3.8, 4) is 16.9 Å². The van der Waals surface area contributed by atoms with Gasteiger partial charge in [0.05, 0.1) is 19.0 Å². The number of anilines is 1. The van der Waals surface area contributed by atoms with Crippen molar-refractivity contribution in [2.24, 2.45) is 0 Å². The van der Waals surface area contributed by atoms with Crippen molar-refractivity contribution in [1.82, 2.24) is 9.97 Å². The summed E-state index contributed by atoms with van der Waals surface area (Å²) in [5, 5.41) is 0. The Hall–Kier alpha value is -2.17. The van der Waals surface area contributed by atoms with Gasteiger partial charge in [-0.1, -0.05) is 0 Å². The molecule has 0 unspecified atom stereocenters. The first kappa shape index (κ1) is 11.3. The molecule has 0 amide bonds. The molecule has 0 aliphatic carbocycles. The Labute approximate surface area is 98.3 Å².